The molecular formula is C22H21F2N3O2. The van der Waals surface area contributed by atoms with E-state index >= 15 is 0 Å². The third kappa shape index (κ3) is 3.65. The minimum Gasteiger partial charge on any atom is -0.460 e. The molecule has 1 aliphatic heterocycles. The second-order valence-electron chi connectivity index (χ2n) is 7.40. The number of benzene rings is 1. The molecule has 0 atom stereocenters. The third-order valence-corrected chi connectivity index (χ3v) is 5.08. The molecule has 29 heavy (non-hydrogen) atoms. The minimum absolute atomic E-state index is 0.305. The number of pyridine rings is 1. The summed E-state index contributed by atoms with van der Waals surface area (Å²) in [4.78, 5) is 17.7. The van der Waals surface area contributed by atoms with E-state index in [4.69, 9.17) is 10.2 Å². The minimum atomic E-state index is -2.78. The Balaban J connectivity index is 1.58. The lowest BCUT2D eigenvalue weighted by atomic mass is 9.96. The normalized spacial score (nSPS) is 15.3. The first-order valence-corrected chi connectivity index (χ1v) is 9.31. The SMILES string of the molecule is Cc1cc(-c2ccc(C(=O)N3CC(F)(F)C3)cn2)cc(C)c1-c1ccc(CN)o1. The van der Waals surface area contributed by atoms with Gasteiger partial charge in [-0.3, -0.25) is 9.78 Å². The van der Waals surface area contributed by atoms with Crippen LogP contribution >= 0.6 is 0 Å². The van der Waals surface area contributed by atoms with E-state index in [-0.39, 0.29) is 0 Å². The van der Waals surface area contributed by atoms with Crippen LogP contribution in [0.25, 0.3) is 22.6 Å². The maximum atomic E-state index is 13.0. The molecule has 0 spiro atoms. The molecule has 5 nitrogen and oxygen atoms in total. The Hall–Kier alpha value is -3.06. The van der Waals surface area contributed by atoms with Gasteiger partial charge in [-0.15, -0.1) is 0 Å². The highest BCUT2D eigenvalue weighted by Gasteiger charge is 2.46. The summed E-state index contributed by atoms with van der Waals surface area (Å²) in [7, 11) is 0. The molecule has 1 aliphatic rings. The zero-order valence-electron chi connectivity index (χ0n) is 16.2. The topological polar surface area (TPSA) is 72.4 Å². The second kappa shape index (κ2) is 7.08. The predicted octanol–water partition coefficient (Wildman–Crippen LogP) is 4.18. The number of likely N-dealkylation sites (tertiary alicyclic amines) is 1. The van der Waals surface area contributed by atoms with E-state index in [1.54, 1.807) is 12.1 Å². The van der Waals surface area contributed by atoms with Gasteiger partial charge in [0.15, 0.2) is 0 Å². The molecule has 150 valence electrons. The zero-order chi connectivity index (χ0) is 20.8. The van der Waals surface area contributed by atoms with Gasteiger partial charge in [0.1, 0.15) is 11.5 Å². The summed E-state index contributed by atoms with van der Waals surface area (Å²) in [5.74, 6) is -1.71. The van der Waals surface area contributed by atoms with Gasteiger partial charge in [0.05, 0.1) is 30.9 Å². The molecule has 1 amide bonds. The molecule has 7 heteroatoms. The van der Waals surface area contributed by atoms with Gasteiger partial charge in [-0.2, -0.15) is 0 Å². The van der Waals surface area contributed by atoms with Crippen molar-refractivity contribution in [2.45, 2.75) is 26.3 Å². The van der Waals surface area contributed by atoms with E-state index in [9.17, 15) is 13.6 Å². The van der Waals surface area contributed by atoms with E-state index in [1.165, 1.54) is 6.20 Å². The number of aryl methyl sites for hydroxylation is 2. The molecule has 0 aliphatic carbocycles. The van der Waals surface area contributed by atoms with Crippen molar-refractivity contribution < 1.29 is 18.0 Å². The Morgan fingerprint density at radius 3 is 2.38 bits per heavy atom. The van der Waals surface area contributed by atoms with Gasteiger partial charge >= 0.3 is 0 Å². The van der Waals surface area contributed by atoms with Gasteiger partial charge in [0, 0.05) is 17.3 Å². The number of nitrogens with two attached hydrogens (primary N) is 1. The number of carbonyl (C=O) groups is 1. The number of alkyl halides is 2. The molecule has 0 saturated carbocycles. The molecule has 4 rings (SSSR count). The van der Waals surface area contributed by atoms with Gasteiger partial charge in [-0.25, -0.2) is 8.78 Å². The van der Waals surface area contributed by atoms with Crippen molar-refractivity contribution in [3.8, 4) is 22.6 Å². The largest absolute Gasteiger partial charge is 0.460 e. The number of furan rings is 1. The van der Waals surface area contributed by atoms with Crippen LogP contribution in [0.3, 0.4) is 0 Å². The van der Waals surface area contributed by atoms with Crippen molar-refractivity contribution in [2.24, 2.45) is 5.73 Å². The third-order valence-electron chi connectivity index (χ3n) is 5.08. The fraction of sp³-hybridized carbons (Fsp3) is 0.273. The summed E-state index contributed by atoms with van der Waals surface area (Å²) >= 11 is 0. The van der Waals surface area contributed by atoms with Crippen LogP contribution in [0.4, 0.5) is 8.78 Å². The van der Waals surface area contributed by atoms with Crippen LogP contribution in [0.2, 0.25) is 0 Å². The lowest BCUT2D eigenvalue weighted by Crippen LogP contribution is -2.58. The van der Waals surface area contributed by atoms with E-state index in [2.05, 4.69) is 4.98 Å². The van der Waals surface area contributed by atoms with E-state index < -0.39 is 24.9 Å². The van der Waals surface area contributed by atoms with Crippen LogP contribution in [0, 0.1) is 13.8 Å². The van der Waals surface area contributed by atoms with Crippen LogP contribution in [0.15, 0.2) is 47.0 Å². The van der Waals surface area contributed by atoms with Crippen molar-refractivity contribution >= 4 is 5.91 Å². The number of hydrogen-bond acceptors (Lipinski definition) is 4. The molecule has 1 fully saturated rings. The summed E-state index contributed by atoms with van der Waals surface area (Å²) < 4.78 is 31.7. The number of hydrogen-bond donors (Lipinski definition) is 1. The molecule has 0 bridgehead atoms. The second-order valence-corrected chi connectivity index (χ2v) is 7.40. The van der Waals surface area contributed by atoms with Gasteiger partial charge < -0.3 is 15.1 Å². The molecule has 0 unspecified atom stereocenters. The summed E-state index contributed by atoms with van der Waals surface area (Å²) in [6.45, 7) is 3.27. The van der Waals surface area contributed by atoms with Crippen LogP contribution in [0.5, 0.6) is 0 Å². The molecule has 2 N–H and O–H groups in total. The number of aromatic nitrogens is 1. The Morgan fingerprint density at radius 1 is 1.17 bits per heavy atom. The van der Waals surface area contributed by atoms with Crippen molar-refractivity contribution in [1.82, 2.24) is 9.88 Å². The standard InChI is InChI=1S/C22H21F2N3O2/c1-13-7-16(8-14(2)20(13)19-6-4-17(9-25)29-19)18-5-3-15(10-26-18)21(28)27-11-22(23,24)12-27/h3-8,10H,9,11-12,25H2,1-2H3. The average molecular weight is 397 g/mol. The van der Waals surface area contributed by atoms with E-state index in [1.807, 2.05) is 38.1 Å². The van der Waals surface area contributed by atoms with Gasteiger partial charge in [0.25, 0.3) is 11.8 Å². The maximum Gasteiger partial charge on any atom is 0.282 e. The fourth-order valence-corrected chi connectivity index (χ4v) is 3.65. The molecule has 2 aromatic heterocycles. The van der Waals surface area contributed by atoms with E-state index in [0.29, 0.717) is 17.8 Å². The number of halogens is 2. The lowest BCUT2D eigenvalue weighted by molar-refractivity contribution is -0.113. The Bertz CT molecular complexity index is 1040. The van der Waals surface area contributed by atoms with Crippen LogP contribution in [-0.4, -0.2) is 34.8 Å². The lowest BCUT2D eigenvalue weighted by Gasteiger charge is -2.38. The highest BCUT2D eigenvalue weighted by molar-refractivity contribution is 5.95. The van der Waals surface area contributed by atoms with Crippen LogP contribution < -0.4 is 5.73 Å². The van der Waals surface area contributed by atoms with Crippen LogP contribution in [0.1, 0.15) is 27.2 Å². The summed E-state index contributed by atoms with van der Waals surface area (Å²) in [6.07, 6.45) is 1.44. The molecule has 1 saturated heterocycles. The number of carbonyl (C=O) groups excluding carboxylic acids is 1. The van der Waals surface area contributed by atoms with Crippen molar-refractivity contribution in [1.29, 1.82) is 0 Å². The molecule has 3 heterocycles. The quantitative estimate of drug-likeness (QED) is 0.717. The molecule has 1 aromatic carbocycles. The summed E-state index contributed by atoms with van der Waals surface area (Å²) in [6, 6.07) is 11.2. The first-order valence-electron chi connectivity index (χ1n) is 9.31. The number of nitrogens with zero attached hydrogens (tertiary/aromatic N) is 2. The molecular weight excluding hydrogens is 376 g/mol. The van der Waals surface area contributed by atoms with E-state index in [0.717, 1.165) is 38.7 Å². The van der Waals surface area contributed by atoms with Crippen molar-refractivity contribution in [3.05, 3.63) is 65.0 Å². The van der Waals surface area contributed by atoms with Crippen LogP contribution in [-0.2, 0) is 6.54 Å². The molecule has 0 radical (unpaired) electrons. The average Bonchev–Trinajstić information content (AvgIpc) is 3.13. The molecule has 3 aromatic rings. The smallest absolute Gasteiger partial charge is 0.282 e. The Labute approximate surface area is 167 Å². The number of amides is 1. The van der Waals surface area contributed by atoms with Gasteiger partial charge in [-0.1, -0.05) is 0 Å². The maximum absolute atomic E-state index is 13.0. The Morgan fingerprint density at radius 2 is 1.86 bits per heavy atom. The summed E-state index contributed by atoms with van der Waals surface area (Å²) in [5.41, 5.74) is 10.6. The van der Waals surface area contributed by atoms with Gasteiger partial charge in [-0.05, 0) is 61.4 Å². The zero-order valence-corrected chi connectivity index (χ0v) is 16.2. The van der Waals surface area contributed by atoms with Gasteiger partial charge in [0.2, 0.25) is 0 Å². The fourth-order valence-electron chi connectivity index (χ4n) is 3.65. The summed E-state index contributed by atoms with van der Waals surface area (Å²) in [5, 5.41) is 0. The Kier molecular flexibility index (Phi) is 4.70. The highest BCUT2D eigenvalue weighted by Crippen LogP contribution is 2.33. The predicted molar refractivity (Wildman–Crippen MR) is 106 cm³/mol. The first-order chi connectivity index (χ1) is 13.8. The monoisotopic (exact) mass is 397 g/mol. The first kappa shape index (κ1) is 19.3. The van der Waals surface area contributed by atoms with Crippen molar-refractivity contribution in [3.63, 3.8) is 0 Å². The highest BCUT2D eigenvalue weighted by atomic mass is 19.3. The number of rotatable bonds is 4. The van der Waals surface area contributed by atoms with Crippen molar-refractivity contribution in [2.75, 3.05) is 13.1 Å².